The summed E-state index contributed by atoms with van der Waals surface area (Å²) < 4.78 is 7.03. The van der Waals surface area contributed by atoms with Gasteiger partial charge in [-0.05, 0) is 39.0 Å². The zero-order valence-electron chi connectivity index (χ0n) is 15.3. The van der Waals surface area contributed by atoms with Crippen molar-refractivity contribution in [2.75, 3.05) is 5.32 Å². The van der Waals surface area contributed by atoms with E-state index >= 15 is 0 Å². The minimum absolute atomic E-state index is 0.103. The van der Waals surface area contributed by atoms with Crippen LogP contribution in [0.5, 0.6) is 0 Å². The third kappa shape index (κ3) is 3.19. The molecule has 0 fully saturated rings. The fourth-order valence-corrected chi connectivity index (χ4v) is 3.18. The molecule has 0 spiro atoms. The molecule has 0 aliphatic rings. The van der Waals surface area contributed by atoms with Crippen molar-refractivity contribution >= 4 is 17.4 Å². The topological polar surface area (TPSA) is 85.3 Å². The van der Waals surface area contributed by atoms with Gasteiger partial charge in [0.2, 0.25) is 11.7 Å². The van der Waals surface area contributed by atoms with Crippen molar-refractivity contribution in [1.82, 2.24) is 19.5 Å². The second-order valence-corrected chi connectivity index (χ2v) is 6.48. The van der Waals surface area contributed by atoms with Crippen molar-refractivity contribution in [3.8, 4) is 11.3 Å². The predicted octanol–water partition coefficient (Wildman–Crippen LogP) is 3.74. The third-order valence-electron chi connectivity index (χ3n) is 4.60. The molecule has 7 heteroatoms. The van der Waals surface area contributed by atoms with E-state index in [9.17, 15) is 4.79 Å². The minimum atomic E-state index is -0.347. The zero-order chi connectivity index (χ0) is 19.0. The standard InChI is InChI=1S/C20H19N5O2/c1-12(18-13(2)24-27-14(18)3)19(26)22-16-7-5-15(6-8-16)17-11-25-10-4-9-21-20(25)23-17/h4-12H,1-3H3,(H,22,26)/t12-/m0/s1. The Bertz CT molecular complexity index is 1060. The number of aromatic nitrogens is 4. The second-order valence-electron chi connectivity index (χ2n) is 6.48. The number of aryl methyl sites for hydroxylation is 2. The molecule has 0 saturated heterocycles. The van der Waals surface area contributed by atoms with E-state index in [4.69, 9.17) is 4.52 Å². The summed E-state index contributed by atoms with van der Waals surface area (Å²) in [7, 11) is 0. The summed E-state index contributed by atoms with van der Waals surface area (Å²) in [4.78, 5) is 21.3. The van der Waals surface area contributed by atoms with Crippen molar-refractivity contribution in [2.24, 2.45) is 0 Å². The van der Waals surface area contributed by atoms with Crippen LogP contribution < -0.4 is 5.32 Å². The normalized spacial score (nSPS) is 12.3. The van der Waals surface area contributed by atoms with Gasteiger partial charge in [-0.2, -0.15) is 0 Å². The molecule has 27 heavy (non-hydrogen) atoms. The number of imidazole rings is 1. The summed E-state index contributed by atoms with van der Waals surface area (Å²) in [6, 6.07) is 9.45. The number of hydrogen-bond acceptors (Lipinski definition) is 5. The highest BCUT2D eigenvalue weighted by molar-refractivity contribution is 5.96. The molecule has 1 aromatic carbocycles. The number of anilines is 1. The Morgan fingerprint density at radius 3 is 2.67 bits per heavy atom. The van der Waals surface area contributed by atoms with Gasteiger partial charge in [-0.3, -0.25) is 9.20 Å². The summed E-state index contributed by atoms with van der Waals surface area (Å²) in [5.41, 5.74) is 4.09. The molecule has 0 bridgehead atoms. The minimum Gasteiger partial charge on any atom is -0.361 e. The lowest BCUT2D eigenvalue weighted by molar-refractivity contribution is -0.117. The molecule has 4 aromatic rings. The third-order valence-corrected chi connectivity index (χ3v) is 4.60. The highest BCUT2D eigenvalue weighted by atomic mass is 16.5. The quantitative estimate of drug-likeness (QED) is 0.598. The van der Waals surface area contributed by atoms with Crippen LogP contribution in [-0.4, -0.2) is 25.4 Å². The SMILES string of the molecule is Cc1noc(C)c1[C@H](C)C(=O)Nc1ccc(-c2cn3cccnc3n2)cc1. The highest BCUT2D eigenvalue weighted by Crippen LogP contribution is 2.25. The molecule has 3 aromatic heterocycles. The van der Waals surface area contributed by atoms with Crippen LogP contribution in [0.2, 0.25) is 0 Å². The Kier molecular flexibility index (Phi) is 4.19. The molecule has 1 N–H and O–H groups in total. The second kappa shape index (κ2) is 6.68. The van der Waals surface area contributed by atoms with Crippen LogP contribution in [0.4, 0.5) is 5.69 Å². The molecule has 0 radical (unpaired) electrons. The first kappa shape index (κ1) is 17.0. The van der Waals surface area contributed by atoms with Crippen LogP contribution in [-0.2, 0) is 4.79 Å². The summed E-state index contributed by atoms with van der Waals surface area (Å²) in [6.45, 7) is 5.51. The average Bonchev–Trinajstić information content (AvgIpc) is 3.25. The maximum absolute atomic E-state index is 12.6. The molecule has 136 valence electrons. The van der Waals surface area contributed by atoms with Gasteiger partial charge in [-0.15, -0.1) is 0 Å². The fourth-order valence-electron chi connectivity index (χ4n) is 3.18. The number of hydrogen-bond donors (Lipinski definition) is 1. The zero-order valence-corrected chi connectivity index (χ0v) is 15.3. The molecule has 3 heterocycles. The van der Waals surface area contributed by atoms with Crippen molar-refractivity contribution in [2.45, 2.75) is 26.7 Å². The van der Waals surface area contributed by atoms with Crippen molar-refractivity contribution in [3.05, 3.63) is 65.9 Å². The molecule has 0 unspecified atom stereocenters. The maximum atomic E-state index is 12.6. The van der Waals surface area contributed by atoms with Crippen LogP contribution in [0.3, 0.4) is 0 Å². The lowest BCUT2D eigenvalue weighted by Gasteiger charge is -2.12. The number of fused-ring (bicyclic) bond motifs is 1. The Labute approximate surface area is 156 Å². The van der Waals surface area contributed by atoms with Gasteiger partial charge in [0.25, 0.3) is 0 Å². The largest absolute Gasteiger partial charge is 0.361 e. The van der Waals surface area contributed by atoms with Gasteiger partial charge in [-0.25, -0.2) is 9.97 Å². The molecule has 0 aliphatic heterocycles. The lowest BCUT2D eigenvalue weighted by Crippen LogP contribution is -2.19. The Morgan fingerprint density at radius 2 is 2.00 bits per heavy atom. The molecule has 1 amide bonds. The van der Waals surface area contributed by atoms with Gasteiger partial charge in [0.1, 0.15) is 5.76 Å². The molecule has 4 rings (SSSR count). The molecule has 7 nitrogen and oxygen atoms in total. The fraction of sp³-hybridized carbons (Fsp3) is 0.200. The van der Waals surface area contributed by atoms with Gasteiger partial charge in [0.05, 0.1) is 17.3 Å². The lowest BCUT2D eigenvalue weighted by atomic mass is 9.98. The molecular formula is C20H19N5O2. The Morgan fingerprint density at radius 1 is 1.22 bits per heavy atom. The van der Waals surface area contributed by atoms with Gasteiger partial charge < -0.3 is 9.84 Å². The van der Waals surface area contributed by atoms with Crippen LogP contribution in [0.15, 0.2) is 53.4 Å². The van der Waals surface area contributed by atoms with Crippen molar-refractivity contribution in [3.63, 3.8) is 0 Å². The average molecular weight is 361 g/mol. The van der Waals surface area contributed by atoms with Crippen LogP contribution >= 0.6 is 0 Å². The van der Waals surface area contributed by atoms with E-state index < -0.39 is 0 Å². The van der Waals surface area contributed by atoms with Crippen LogP contribution in [0, 0.1) is 13.8 Å². The van der Waals surface area contributed by atoms with E-state index in [1.807, 2.05) is 67.9 Å². The number of nitrogens with one attached hydrogen (secondary N) is 1. The summed E-state index contributed by atoms with van der Waals surface area (Å²) in [6.07, 6.45) is 5.55. The van der Waals surface area contributed by atoms with Gasteiger partial charge >= 0.3 is 0 Å². The maximum Gasteiger partial charge on any atom is 0.234 e. The highest BCUT2D eigenvalue weighted by Gasteiger charge is 2.23. The number of carbonyl (C=O) groups excluding carboxylic acids is 1. The number of rotatable bonds is 4. The first-order valence-electron chi connectivity index (χ1n) is 8.66. The predicted molar refractivity (Wildman–Crippen MR) is 101 cm³/mol. The van der Waals surface area contributed by atoms with E-state index in [-0.39, 0.29) is 11.8 Å². The Balaban J connectivity index is 1.51. The van der Waals surface area contributed by atoms with Crippen molar-refractivity contribution in [1.29, 1.82) is 0 Å². The van der Waals surface area contributed by atoms with E-state index in [1.54, 1.807) is 6.20 Å². The summed E-state index contributed by atoms with van der Waals surface area (Å²) >= 11 is 0. The molecular weight excluding hydrogens is 342 g/mol. The van der Waals surface area contributed by atoms with E-state index in [0.717, 1.165) is 28.2 Å². The number of benzene rings is 1. The van der Waals surface area contributed by atoms with E-state index in [2.05, 4.69) is 20.4 Å². The van der Waals surface area contributed by atoms with Crippen molar-refractivity contribution < 1.29 is 9.32 Å². The molecule has 0 aliphatic carbocycles. The first-order chi connectivity index (χ1) is 13.0. The monoisotopic (exact) mass is 361 g/mol. The van der Waals surface area contributed by atoms with Crippen LogP contribution in [0.1, 0.15) is 29.9 Å². The number of amides is 1. The number of carbonyl (C=O) groups is 1. The first-order valence-corrected chi connectivity index (χ1v) is 8.66. The van der Waals surface area contributed by atoms with Gasteiger partial charge in [0, 0.05) is 35.4 Å². The Hall–Kier alpha value is -3.48. The molecule has 1 atom stereocenters. The summed E-state index contributed by atoms with van der Waals surface area (Å²) in [5.74, 6) is 0.874. The van der Waals surface area contributed by atoms with Gasteiger partial charge in [-0.1, -0.05) is 17.3 Å². The van der Waals surface area contributed by atoms with E-state index in [1.165, 1.54) is 0 Å². The van der Waals surface area contributed by atoms with Gasteiger partial charge in [0.15, 0.2) is 0 Å². The number of nitrogens with zero attached hydrogens (tertiary/aromatic N) is 4. The van der Waals surface area contributed by atoms with E-state index in [0.29, 0.717) is 11.5 Å². The summed E-state index contributed by atoms with van der Waals surface area (Å²) in [5, 5.41) is 6.86. The van der Waals surface area contributed by atoms with Crippen LogP contribution in [0.25, 0.3) is 17.0 Å². The smallest absolute Gasteiger partial charge is 0.234 e. The molecule has 0 saturated carbocycles.